The number of hydrogen-bond acceptors (Lipinski definition) is 3. The first-order chi connectivity index (χ1) is 7.85. The van der Waals surface area contributed by atoms with Crippen molar-refractivity contribution in [3.05, 3.63) is 34.2 Å². The van der Waals surface area contributed by atoms with E-state index < -0.39 is 29.3 Å². The second-order valence-electron chi connectivity index (χ2n) is 2.69. The molecule has 17 heavy (non-hydrogen) atoms. The van der Waals surface area contributed by atoms with Crippen LogP contribution in [0.5, 0.6) is 5.75 Å². The first kappa shape index (κ1) is 12.7. The van der Waals surface area contributed by atoms with E-state index in [1.165, 1.54) is 0 Å². The number of carboxylic acids is 1. The summed E-state index contributed by atoms with van der Waals surface area (Å²) in [6.45, 7) is 0. The summed E-state index contributed by atoms with van der Waals surface area (Å²) in [7, 11) is 0. The maximum Gasteiger partial charge on any atom is 0.573 e. The van der Waals surface area contributed by atoms with Crippen LogP contribution in [0.1, 0.15) is 10.4 Å². The second kappa shape index (κ2) is 4.62. The zero-order valence-corrected chi connectivity index (χ0v) is 7.97. The number of alkyl halides is 3. The summed E-state index contributed by atoms with van der Waals surface area (Å²) in [5.74, 6) is -2.39. The Morgan fingerprint density at radius 1 is 1.47 bits per heavy atom. The summed E-state index contributed by atoms with van der Waals surface area (Å²) in [6, 6.07) is 2.89. The number of ether oxygens (including phenoxy) is 1. The molecule has 0 bridgehead atoms. The summed E-state index contributed by atoms with van der Waals surface area (Å²) >= 11 is 0. The van der Waals surface area contributed by atoms with Crippen LogP contribution in [0.2, 0.25) is 0 Å². The van der Waals surface area contributed by atoms with E-state index in [9.17, 15) is 18.0 Å². The lowest BCUT2D eigenvalue weighted by Crippen LogP contribution is -2.17. The van der Waals surface area contributed by atoms with E-state index in [-0.39, 0.29) is 0 Å². The molecule has 1 rings (SSSR count). The molecule has 0 saturated carbocycles. The van der Waals surface area contributed by atoms with Gasteiger partial charge in [0.15, 0.2) is 0 Å². The molecule has 1 N–H and O–H groups in total. The normalized spacial score (nSPS) is 10.5. The van der Waals surface area contributed by atoms with Crippen molar-refractivity contribution in [2.75, 3.05) is 0 Å². The summed E-state index contributed by atoms with van der Waals surface area (Å²) in [5.41, 5.74) is 6.88. The van der Waals surface area contributed by atoms with E-state index in [4.69, 9.17) is 10.6 Å². The molecule has 6 nitrogen and oxygen atoms in total. The fourth-order valence-corrected chi connectivity index (χ4v) is 1.05. The molecular formula is C8H4F3N3O3. The quantitative estimate of drug-likeness (QED) is 0.504. The van der Waals surface area contributed by atoms with Gasteiger partial charge >= 0.3 is 12.3 Å². The van der Waals surface area contributed by atoms with Crippen LogP contribution in [-0.2, 0) is 0 Å². The van der Waals surface area contributed by atoms with Gasteiger partial charge in [-0.25, -0.2) is 4.79 Å². The van der Waals surface area contributed by atoms with Crippen LogP contribution in [0.3, 0.4) is 0 Å². The van der Waals surface area contributed by atoms with Crippen LogP contribution in [0, 0.1) is 0 Å². The molecule has 0 amide bonds. The Balaban J connectivity index is 3.35. The number of carbonyl (C=O) groups is 1. The van der Waals surface area contributed by atoms with Crippen LogP contribution in [0.4, 0.5) is 18.9 Å². The predicted octanol–water partition coefficient (Wildman–Crippen LogP) is 3.23. The van der Waals surface area contributed by atoms with Crippen molar-refractivity contribution in [1.29, 1.82) is 0 Å². The monoisotopic (exact) mass is 247 g/mol. The van der Waals surface area contributed by atoms with Crippen molar-refractivity contribution >= 4 is 11.7 Å². The first-order valence-corrected chi connectivity index (χ1v) is 4.02. The standard InChI is InChI=1S/C8H4F3N3O3/c9-8(10,11)17-5-3-1-2-4(7(15)16)6(5)13-14-12/h1-3H,(H,15,16). The maximum absolute atomic E-state index is 12.0. The summed E-state index contributed by atoms with van der Waals surface area (Å²) in [4.78, 5) is 12.9. The van der Waals surface area contributed by atoms with E-state index in [2.05, 4.69) is 14.8 Å². The van der Waals surface area contributed by atoms with E-state index in [1.54, 1.807) is 0 Å². The number of rotatable bonds is 3. The highest BCUT2D eigenvalue weighted by molar-refractivity contribution is 5.94. The van der Waals surface area contributed by atoms with Crippen molar-refractivity contribution < 1.29 is 27.8 Å². The number of aromatic carboxylic acids is 1. The molecule has 0 aliphatic rings. The van der Waals surface area contributed by atoms with Crippen LogP contribution in [0.25, 0.3) is 10.4 Å². The Hall–Kier alpha value is -2.41. The number of benzene rings is 1. The van der Waals surface area contributed by atoms with Crippen LogP contribution in [-0.4, -0.2) is 17.4 Å². The second-order valence-corrected chi connectivity index (χ2v) is 2.69. The van der Waals surface area contributed by atoms with E-state index in [1.807, 2.05) is 0 Å². The van der Waals surface area contributed by atoms with Gasteiger partial charge in [-0.15, -0.1) is 13.2 Å². The molecule has 0 aliphatic carbocycles. The van der Waals surface area contributed by atoms with Gasteiger partial charge < -0.3 is 9.84 Å². The third-order valence-electron chi connectivity index (χ3n) is 1.60. The molecule has 0 aliphatic heterocycles. The van der Waals surface area contributed by atoms with Gasteiger partial charge in [0.25, 0.3) is 0 Å². The smallest absolute Gasteiger partial charge is 0.478 e. The van der Waals surface area contributed by atoms with Crippen molar-refractivity contribution in [2.24, 2.45) is 5.11 Å². The first-order valence-electron chi connectivity index (χ1n) is 4.02. The maximum atomic E-state index is 12.0. The highest BCUT2D eigenvalue weighted by atomic mass is 19.4. The molecule has 1 aromatic carbocycles. The van der Waals surface area contributed by atoms with Crippen molar-refractivity contribution in [3.8, 4) is 5.75 Å². The lowest BCUT2D eigenvalue weighted by atomic mass is 10.1. The van der Waals surface area contributed by atoms with E-state index in [0.717, 1.165) is 18.2 Å². The highest BCUT2D eigenvalue weighted by Crippen LogP contribution is 2.35. The van der Waals surface area contributed by atoms with Gasteiger partial charge in [-0.1, -0.05) is 11.2 Å². The molecule has 0 heterocycles. The number of nitrogens with zero attached hydrogens (tertiary/aromatic N) is 3. The SMILES string of the molecule is [N-]=[N+]=Nc1c(OC(F)(F)F)cccc1C(=O)O. The van der Waals surface area contributed by atoms with Crippen LogP contribution < -0.4 is 4.74 Å². The van der Waals surface area contributed by atoms with Gasteiger partial charge in [0.05, 0.1) is 11.3 Å². The molecule has 90 valence electrons. The van der Waals surface area contributed by atoms with E-state index >= 15 is 0 Å². The Morgan fingerprint density at radius 3 is 2.59 bits per heavy atom. The number of carboxylic acid groups (broad SMARTS) is 1. The Labute approximate surface area is 91.9 Å². The van der Waals surface area contributed by atoms with Gasteiger partial charge in [-0.05, 0) is 17.7 Å². The minimum atomic E-state index is -5.00. The number of halogens is 3. The fourth-order valence-electron chi connectivity index (χ4n) is 1.05. The van der Waals surface area contributed by atoms with Crippen LogP contribution >= 0.6 is 0 Å². The van der Waals surface area contributed by atoms with Gasteiger partial charge in [-0.2, -0.15) is 0 Å². The largest absolute Gasteiger partial charge is 0.573 e. The highest BCUT2D eigenvalue weighted by Gasteiger charge is 2.32. The molecule has 0 unspecified atom stereocenters. The van der Waals surface area contributed by atoms with Crippen molar-refractivity contribution in [1.82, 2.24) is 0 Å². The fraction of sp³-hybridized carbons (Fsp3) is 0.125. The van der Waals surface area contributed by atoms with E-state index in [0.29, 0.717) is 0 Å². The molecule has 0 saturated heterocycles. The van der Waals surface area contributed by atoms with Gasteiger partial charge in [0.1, 0.15) is 5.75 Å². The van der Waals surface area contributed by atoms with Crippen molar-refractivity contribution in [2.45, 2.75) is 6.36 Å². The van der Waals surface area contributed by atoms with Gasteiger partial charge in [0.2, 0.25) is 0 Å². The lowest BCUT2D eigenvalue weighted by molar-refractivity contribution is -0.274. The zero-order valence-electron chi connectivity index (χ0n) is 7.97. The molecule has 1 aromatic rings. The summed E-state index contributed by atoms with van der Waals surface area (Å²) in [5, 5.41) is 11.6. The molecule has 9 heteroatoms. The van der Waals surface area contributed by atoms with Crippen molar-refractivity contribution in [3.63, 3.8) is 0 Å². The topological polar surface area (TPSA) is 95.3 Å². The number of azide groups is 1. The lowest BCUT2D eigenvalue weighted by Gasteiger charge is -2.11. The van der Waals surface area contributed by atoms with Gasteiger partial charge in [-0.3, -0.25) is 0 Å². The van der Waals surface area contributed by atoms with Crippen LogP contribution in [0.15, 0.2) is 23.3 Å². The average Bonchev–Trinajstić information content (AvgIpc) is 2.18. The average molecular weight is 247 g/mol. The Bertz CT molecular complexity index is 495. The predicted molar refractivity (Wildman–Crippen MR) is 48.9 cm³/mol. The summed E-state index contributed by atoms with van der Waals surface area (Å²) < 4.78 is 39.5. The molecule has 0 radical (unpaired) electrons. The molecule has 0 spiro atoms. The minimum Gasteiger partial charge on any atom is -0.478 e. The molecular weight excluding hydrogens is 243 g/mol. The third-order valence-corrected chi connectivity index (χ3v) is 1.60. The summed E-state index contributed by atoms with van der Waals surface area (Å²) in [6.07, 6.45) is -5.00. The molecule has 0 fully saturated rings. The Kier molecular flexibility index (Phi) is 3.44. The third kappa shape index (κ3) is 3.28. The number of hydrogen-bond donors (Lipinski definition) is 1. The van der Waals surface area contributed by atoms with Gasteiger partial charge in [0, 0.05) is 4.91 Å². The minimum absolute atomic E-state index is 0.579. The molecule has 0 aromatic heterocycles. The Morgan fingerprint density at radius 2 is 2.12 bits per heavy atom. The zero-order chi connectivity index (χ0) is 13.1. The molecule has 0 atom stereocenters.